The molecule has 0 aliphatic heterocycles. The molecule has 0 aliphatic rings. The van der Waals surface area contributed by atoms with E-state index >= 15 is 0 Å². The van der Waals surface area contributed by atoms with Crippen LogP contribution in [0.3, 0.4) is 0 Å². The van der Waals surface area contributed by atoms with E-state index in [2.05, 4.69) is 30.8 Å². The van der Waals surface area contributed by atoms with Crippen LogP contribution in [0.15, 0.2) is 72.9 Å². The Morgan fingerprint density at radius 3 is 1.76 bits per heavy atom. The Hall–Kier alpha value is -1.64. The average molecular weight is 240 g/mol. The molecule has 86 valence electrons. The summed E-state index contributed by atoms with van der Waals surface area (Å²) >= 11 is 0. The lowest BCUT2D eigenvalue weighted by molar-refractivity contribution is 0.266. The first-order valence-electron chi connectivity index (χ1n) is 5.74. The Morgan fingerprint density at radius 2 is 1.35 bits per heavy atom. The molecule has 0 saturated heterocycles. The molecular formula is C15H16OSi. The minimum atomic E-state index is -0.649. The van der Waals surface area contributed by atoms with Gasteiger partial charge in [0.1, 0.15) is 0 Å². The summed E-state index contributed by atoms with van der Waals surface area (Å²) in [6, 6.07) is 20.7. The van der Waals surface area contributed by atoms with Gasteiger partial charge in [-0.3, -0.25) is 0 Å². The molecule has 0 spiro atoms. The van der Waals surface area contributed by atoms with Gasteiger partial charge in [0, 0.05) is 0 Å². The Kier molecular flexibility index (Phi) is 4.30. The van der Waals surface area contributed by atoms with E-state index in [1.165, 1.54) is 11.1 Å². The van der Waals surface area contributed by atoms with Gasteiger partial charge < -0.3 is 4.43 Å². The van der Waals surface area contributed by atoms with Crippen LogP contribution in [0.2, 0.25) is 0 Å². The molecule has 0 heterocycles. The van der Waals surface area contributed by atoms with Gasteiger partial charge in [0.2, 0.25) is 0 Å². The summed E-state index contributed by atoms with van der Waals surface area (Å²) in [5.41, 5.74) is 4.32. The Morgan fingerprint density at radius 1 is 0.882 bits per heavy atom. The Balaban J connectivity index is 2.29. The van der Waals surface area contributed by atoms with Crippen LogP contribution in [-0.4, -0.2) is 9.76 Å². The van der Waals surface area contributed by atoms with E-state index in [-0.39, 0.29) is 6.10 Å². The van der Waals surface area contributed by atoms with Crippen molar-refractivity contribution < 1.29 is 4.43 Å². The van der Waals surface area contributed by atoms with Crippen LogP contribution in [-0.2, 0) is 4.43 Å². The molecule has 0 bridgehead atoms. The highest BCUT2D eigenvalue weighted by atomic mass is 28.2. The molecule has 0 amide bonds. The largest absolute Gasteiger partial charge is 0.408 e. The fourth-order valence-corrected chi connectivity index (χ4v) is 2.52. The van der Waals surface area contributed by atoms with Gasteiger partial charge in [-0.05, 0) is 11.1 Å². The van der Waals surface area contributed by atoms with Gasteiger partial charge in [-0.15, -0.1) is 6.58 Å². The number of rotatable bonds is 5. The first-order chi connectivity index (χ1) is 8.42. The smallest absolute Gasteiger partial charge is 0.185 e. The standard InChI is InChI=1S/C15H16OSi/c1-2-17-16-15(13-9-5-3-6-10-13)14-11-7-4-8-12-14/h2-12,15H,1,17H2. The minimum Gasteiger partial charge on any atom is -0.408 e. The molecule has 0 N–H and O–H groups in total. The number of benzene rings is 2. The predicted molar refractivity (Wildman–Crippen MR) is 74.6 cm³/mol. The van der Waals surface area contributed by atoms with Crippen LogP contribution in [0, 0.1) is 0 Å². The zero-order chi connectivity index (χ0) is 11.9. The molecule has 0 unspecified atom stereocenters. The van der Waals surface area contributed by atoms with Gasteiger partial charge in [0.15, 0.2) is 9.76 Å². The van der Waals surface area contributed by atoms with Gasteiger partial charge >= 0.3 is 0 Å². The van der Waals surface area contributed by atoms with Crippen LogP contribution in [0.4, 0.5) is 0 Å². The highest BCUT2D eigenvalue weighted by Gasteiger charge is 2.12. The van der Waals surface area contributed by atoms with Crippen molar-refractivity contribution in [3.63, 3.8) is 0 Å². The fourth-order valence-electron chi connectivity index (χ4n) is 1.80. The lowest BCUT2D eigenvalue weighted by atomic mass is 10.0. The van der Waals surface area contributed by atoms with Gasteiger partial charge in [0.25, 0.3) is 0 Å². The summed E-state index contributed by atoms with van der Waals surface area (Å²) < 4.78 is 5.98. The molecule has 0 aromatic heterocycles. The maximum Gasteiger partial charge on any atom is 0.185 e. The van der Waals surface area contributed by atoms with Crippen molar-refractivity contribution in [2.75, 3.05) is 0 Å². The molecule has 2 aromatic carbocycles. The number of hydrogen-bond acceptors (Lipinski definition) is 1. The fraction of sp³-hybridized carbons (Fsp3) is 0.0667. The third-order valence-electron chi connectivity index (χ3n) is 2.59. The molecule has 0 saturated carbocycles. The van der Waals surface area contributed by atoms with Gasteiger partial charge in [-0.1, -0.05) is 66.4 Å². The molecule has 0 fully saturated rings. The van der Waals surface area contributed by atoms with Crippen molar-refractivity contribution in [1.82, 2.24) is 0 Å². The zero-order valence-corrected chi connectivity index (χ0v) is 11.2. The third kappa shape index (κ3) is 3.16. The molecule has 2 rings (SSSR count). The minimum absolute atomic E-state index is 0.0436. The quantitative estimate of drug-likeness (QED) is 0.730. The van der Waals surface area contributed by atoms with E-state index in [4.69, 9.17) is 4.43 Å². The lowest BCUT2D eigenvalue weighted by Crippen LogP contribution is -2.08. The molecule has 0 atom stereocenters. The summed E-state index contributed by atoms with van der Waals surface area (Å²) in [6.07, 6.45) is 0.0436. The molecule has 0 radical (unpaired) electrons. The van der Waals surface area contributed by atoms with Crippen molar-refractivity contribution >= 4 is 9.76 Å². The summed E-state index contributed by atoms with van der Waals surface area (Å²) in [6.45, 7) is 3.76. The molecule has 17 heavy (non-hydrogen) atoms. The predicted octanol–water partition coefficient (Wildman–Crippen LogP) is 3.02. The molecule has 0 aliphatic carbocycles. The molecule has 2 aromatic rings. The van der Waals surface area contributed by atoms with Crippen LogP contribution >= 0.6 is 0 Å². The summed E-state index contributed by atoms with van der Waals surface area (Å²) in [5, 5.41) is 0. The first kappa shape index (κ1) is 11.8. The van der Waals surface area contributed by atoms with Crippen LogP contribution in [0.5, 0.6) is 0 Å². The van der Waals surface area contributed by atoms with Crippen LogP contribution < -0.4 is 0 Å². The summed E-state index contributed by atoms with van der Waals surface area (Å²) in [4.78, 5) is 0. The van der Waals surface area contributed by atoms with Gasteiger partial charge in [-0.25, -0.2) is 0 Å². The maximum atomic E-state index is 5.98. The monoisotopic (exact) mass is 240 g/mol. The normalized spacial score (nSPS) is 11.1. The van der Waals surface area contributed by atoms with Crippen molar-refractivity contribution in [3.8, 4) is 0 Å². The second-order valence-corrected chi connectivity index (χ2v) is 5.07. The highest BCUT2D eigenvalue weighted by Crippen LogP contribution is 2.25. The molecule has 2 heteroatoms. The van der Waals surface area contributed by atoms with Crippen molar-refractivity contribution in [2.24, 2.45) is 0 Å². The second-order valence-electron chi connectivity index (χ2n) is 3.82. The second kappa shape index (κ2) is 6.18. The highest BCUT2D eigenvalue weighted by molar-refractivity contribution is 6.34. The summed E-state index contributed by atoms with van der Waals surface area (Å²) in [5.74, 6) is 0. The van der Waals surface area contributed by atoms with E-state index in [0.29, 0.717) is 0 Å². The SMILES string of the molecule is C=C[SiH2]OC(c1ccccc1)c1ccccc1. The van der Waals surface area contributed by atoms with Crippen LogP contribution in [0.1, 0.15) is 17.2 Å². The molecular weight excluding hydrogens is 224 g/mol. The van der Waals surface area contributed by atoms with Crippen LogP contribution in [0.25, 0.3) is 0 Å². The van der Waals surface area contributed by atoms with E-state index in [9.17, 15) is 0 Å². The topological polar surface area (TPSA) is 9.23 Å². The average Bonchev–Trinajstić information content (AvgIpc) is 2.42. The first-order valence-corrected chi connectivity index (χ1v) is 7.13. The van der Waals surface area contributed by atoms with E-state index in [1.54, 1.807) is 0 Å². The Bertz CT molecular complexity index is 413. The van der Waals surface area contributed by atoms with Crippen molar-refractivity contribution in [2.45, 2.75) is 6.10 Å². The molecule has 1 nitrogen and oxygen atoms in total. The van der Waals surface area contributed by atoms with E-state index in [0.717, 1.165) is 0 Å². The summed E-state index contributed by atoms with van der Waals surface area (Å²) in [7, 11) is -0.649. The van der Waals surface area contributed by atoms with Crippen molar-refractivity contribution in [1.29, 1.82) is 0 Å². The third-order valence-corrected chi connectivity index (χ3v) is 3.35. The Labute approximate surface area is 105 Å². The van der Waals surface area contributed by atoms with Gasteiger partial charge in [-0.2, -0.15) is 0 Å². The van der Waals surface area contributed by atoms with E-state index < -0.39 is 9.76 Å². The number of hydrogen-bond donors (Lipinski definition) is 0. The van der Waals surface area contributed by atoms with Crippen molar-refractivity contribution in [3.05, 3.63) is 84.1 Å². The lowest BCUT2D eigenvalue weighted by Gasteiger charge is -2.18. The van der Waals surface area contributed by atoms with Gasteiger partial charge in [0.05, 0.1) is 6.10 Å². The maximum absolute atomic E-state index is 5.98. The van der Waals surface area contributed by atoms with E-state index in [1.807, 2.05) is 42.1 Å². The zero-order valence-electron chi connectivity index (χ0n) is 9.75.